The van der Waals surface area contributed by atoms with Crippen molar-refractivity contribution in [2.45, 2.75) is 0 Å². The highest BCUT2D eigenvalue weighted by atomic mass is 16.4. The summed E-state index contributed by atoms with van der Waals surface area (Å²) in [6, 6.07) is 7.01. The minimum absolute atomic E-state index is 0.0159. The first-order valence-electron chi connectivity index (χ1n) is 4.97. The molecule has 3 rings (SSSR count). The maximum Gasteiger partial charge on any atom is 0.356 e. The third-order valence-corrected chi connectivity index (χ3v) is 2.45. The molecule has 3 aromatic heterocycles. The lowest BCUT2D eigenvalue weighted by Crippen LogP contribution is -2.04. The Balaban J connectivity index is 2.19. The van der Waals surface area contributed by atoms with Crippen LogP contribution >= 0.6 is 0 Å². The number of fused-ring (bicyclic) bond motifs is 1. The van der Waals surface area contributed by atoms with Crippen molar-refractivity contribution in [2.75, 3.05) is 0 Å². The fraction of sp³-hybridized carbons (Fsp3) is 0. The van der Waals surface area contributed by atoms with Crippen LogP contribution in [0.25, 0.3) is 11.5 Å². The molecule has 6 nitrogen and oxygen atoms in total. The molecule has 0 amide bonds. The lowest BCUT2D eigenvalue weighted by molar-refractivity contribution is 0.0690. The summed E-state index contributed by atoms with van der Waals surface area (Å²) in [5.74, 6) is -0.297. The summed E-state index contributed by atoms with van der Waals surface area (Å²) in [7, 11) is 0. The molecule has 0 atom stereocenters. The average Bonchev–Trinajstić information content (AvgIpc) is 2.97. The number of aromatic carboxylic acids is 1. The van der Waals surface area contributed by atoms with Gasteiger partial charge >= 0.3 is 5.97 Å². The van der Waals surface area contributed by atoms with Gasteiger partial charge in [-0.1, -0.05) is 6.07 Å². The Labute approximate surface area is 95.8 Å². The number of aromatic nitrogens is 4. The monoisotopic (exact) mass is 228 g/mol. The van der Waals surface area contributed by atoms with E-state index >= 15 is 0 Å². The van der Waals surface area contributed by atoms with Gasteiger partial charge in [0, 0.05) is 18.6 Å². The Hall–Kier alpha value is -2.63. The van der Waals surface area contributed by atoms with Gasteiger partial charge in [-0.2, -0.15) is 5.10 Å². The summed E-state index contributed by atoms with van der Waals surface area (Å²) in [5.41, 5.74) is 0.803. The second-order valence-electron chi connectivity index (χ2n) is 3.49. The number of imidazole rings is 1. The molecule has 1 N–H and O–H groups in total. The maximum absolute atomic E-state index is 10.8. The molecule has 0 fully saturated rings. The second kappa shape index (κ2) is 3.44. The van der Waals surface area contributed by atoms with E-state index in [-0.39, 0.29) is 5.69 Å². The van der Waals surface area contributed by atoms with Crippen LogP contribution in [0.4, 0.5) is 0 Å². The second-order valence-corrected chi connectivity index (χ2v) is 3.49. The molecular formula is C11H8N4O2. The van der Waals surface area contributed by atoms with Gasteiger partial charge in [-0.3, -0.25) is 4.40 Å². The first-order valence-corrected chi connectivity index (χ1v) is 4.97. The van der Waals surface area contributed by atoms with Crippen molar-refractivity contribution >= 4 is 11.6 Å². The lowest BCUT2D eigenvalue weighted by Gasteiger charge is -2.04. The topological polar surface area (TPSA) is 72.4 Å². The third kappa shape index (κ3) is 1.46. The van der Waals surface area contributed by atoms with Crippen LogP contribution in [0.1, 0.15) is 10.5 Å². The van der Waals surface area contributed by atoms with Gasteiger partial charge in [0.25, 0.3) is 0 Å². The normalized spacial score (nSPS) is 10.8. The van der Waals surface area contributed by atoms with E-state index in [9.17, 15) is 4.79 Å². The van der Waals surface area contributed by atoms with Crippen LogP contribution in [0.3, 0.4) is 0 Å². The van der Waals surface area contributed by atoms with E-state index in [0.717, 1.165) is 11.5 Å². The number of rotatable bonds is 2. The fourth-order valence-corrected chi connectivity index (χ4v) is 1.68. The Morgan fingerprint density at radius 2 is 2.12 bits per heavy atom. The molecule has 0 aliphatic heterocycles. The Bertz CT molecular complexity index is 698. The first kappa shape index (κ1) is 9.59. The maximum atomic E-state index is 10.8. The van der Waals surface area contributed by atoms with Crippen LogP contribution in [-0.2, 0) is 0 Å². The minimum Gasteiger partial charge on any atom is -0.476 e. The molecule has 0 saturated carbocycles. The van der Waals surface area contributed by atoms with E-state index in [1.165, 1.54) is 10.7 Å². The van der Waals surface area contributed by atoms with Gasteiger partial charge in [0.15, 0.2) is 5.69 Å². The van der Waals surface area contributed by atoms with Crippen LogP contribution in [0.5, 0.6) is 0 Å². The van der Waals surface area contributed by atoms with Crippen LogP contribution in [0.2, 0.25) is 0 Å². The van der Waals surface area contributed by atoms with E-state index < -0.39 is 5.97 Å². The third-order valence-electron chi connectivity index (χ3n) is 2.45. The average molecular weight is 228 g/mol. The lowest BCUT2D eigenvalue weighted by atomic mass is 10.4. The van der Waals surface area contributed by atoms with Gasteiger partial charge in [-0.25, -0.2) is 14.5 Å². The first-order chi connectivity index (χ1) is 8.25. The van der Waals surface area contributed by atoms with Gasteiger partial charge < -0.3 is 5.11 Å². The number of pyridine rings is 1. The fourth-order valence-electron chi connectivity index (χ4n) is 1.68. The standard InChI is InChI=1S/C11H8N4O2/c16-11(17)8-4-6-15(13-8)10-3-1-2-9-12-5-7-14(9)10/h1-7H,(H,16,17). The molecule has 0 aliphatic rings. The number of hydrogen-bond donors (Lipinski definition) is 1. The number of carboxylic acids is 1. The van der Waals surface area contributed by atoms with E-state index in [1.54, 1.807) is 18.6 Å². The molecule has 0 aromatic carbocycles. The van der Waals surface area contributed by atoms with Crippen molar-refractivity contribution in [3.8, 4) is 5.82 Å². The zero-order valence-corrected chi connectivity index (χ0v) is 8.69. The van der Waals surface area contributed by atoms with Gasteiger partial charge in [-0.05, 0) is 18.2 Å². The summed E-state index contributed by atoms with van der Waals surface area (Å²) < 4.78 is 3.34. The van der Waals surface area contributed by atoms with Gasteiger partial charge in [-0.15, -0.1) is 0 Å². The van der Waals surface area contributed by atoms with Crippen LogP contribution < -0.4 is 0 Å². The Morgan fingerprint density at radius 3 is 2.88 bits per heavy atom. The van der Waals surface area contributed by atoms with Crippen molar-refractivity contribution in [3.63, 3.8) is 0 Å². The number of carboxylic acid groups (broad SMARTS) is 1. The highest BCUT2D eigenvalue weighted by Crippen LogP contribution is 2.10. The zero-order chi connectivity index (χ0) is 11.8. The molecule has 0 spiro atoms. The van der Waals surface area contributed by atoms with Crippen molar-refractivity contribution in [2.24, 2.45) is 0 Å². The van der Waals surface area contributed by atoms with Gasteiger partial charge in [0.1, 0.15) is 11.5 Å². The molecule has 3 aromatic rings. The number of carbonyl (C=O) groups is 1. The summed E-state index contributed by atoms with van der Waals surface area (Å²) in [5, 5.41) is 12.8. The van der Waals surface area contributed by atoms with Crippen molar-refractivity contribution < 1.29 is 9.90 Å². The quantitative estimate of drug-likeness (QED) is 0.715. The van der Waals surface area contributed by atoms with Crippen molar-refractivity contribution in [3.05, 3.63) is 48.5 Å². The predicted molar refractivity (Wildman–Crippen MR) is 59.3 cm³/mol. The molecule has 0 unspecified atom stereocenters. The summed E-state index contributed by atoms with van der Waals surface area (Å²) in [4.78, 5) is 14.9. The highest BCUT2D eigenvalue weighted by molar-refractivity contribution is 5.85. The predicted octanol–water partition coefficient (Wildman–Crippen LogP) is 1.22. The molecule has 17 heavy (non-hydrogen) atoms. The van der Waals surface area contributed by atoms with Crippen molar-refractivity contribution in [1.29, 1.82) is 0 Å². The summed E-state index contributed by atoms with van der Waals surface area (Å²) in [6.45, 7) is 0. The molecule has 3 heterocycles. The summed E-state index contributed by atoms with van der Waals surface area (Å²) in [6.07, 6.45) is 5.09. The molecular weight excluding hydrogens is 220 g/mol. The smallest absolute Gasteiger partial charge is 0.356 e. The molecule has 0 aliphatic carbocycles. The molecule has 0 radical (unpaired) electrons. The molecule has 0 bridgehead atoms. The van der Waals surface area contributed by atoms with Crippen LogP contribution in [-0.4, -0.2) is 30.2 Å². The largest absolute Gasteiger partial charge is 0.476 e. The van der Waals surface area contributed by atoms with Gasteiger partial charge in [0.2, 0.25) is 0 Å². The minimum atomic E-state index is -1.04. The van der Waals surface area contributed by atoms with E-state index in [4.69, 9.17) is 5.11 Å². The number of nitrogens with zero attached hydrogens (tertiary/aromatic N) is 4. The SMILES string of the molecule is O=C(O)c1ccn(-c2cccc3nccn23)n1. The molecule has 0 saturated heterocycles. The highest BCUT2D eigenvalue weighted by Gasteiger charge is 2.09. The van der Waals surface area contributed by atoms with E-state index in [0.29, 0.717) is 0 Å². The van der Waals surface area contributed by atoms with E-state index in [1.807, 2.05) is 22.6 Å². The van der Waals surface area contributed by atoms with Crippen LogP contribution in [0, 0.1) is 0 Å². The van der Waals surface area contributed by atoms with Gasteiger partial charge in [0.05, 0.1) is 0 Å². The zero-order valence-electron chi connectivity index (χ0n) is 8.69. The summed E-state index contributed by atoms with van der Waals surface area (Å²) >= 11 is 0. The van der Waals surface area contributed by atoms with Crippen LogP contribution in [0.15, 0.2) is 42.9 Å². The molecule has 84 valence electrons. The Kier molecular flexibility index (Phi) is 1.94. The van der Waals surface area contributed by atoms with E-state index in [2.05, 4.69) is 10.1 Å². The Morgan fingerprint density at radius 1 is 1.24 bits per heavy atom. The molecule has 6 heteroatoms. The number of hydrogen-bond acceptors (Lipinski definition) is 3. The van der Waals surface area contributed by atoms with Crippen molar-refractivity contribution in [1.82, 2.24) is 19.2 Å².